The number of rotatable bonds is 8. The highest BCUT2D eigenvalue weighted by molar-refractivity contribution is 6.76. The summed E-state index contributed by atoms with van der Waals surface area (Å²) in [6.45, 7) is 9.08. The first-order valence-corrected chi connectivity index (χ1v) is 9.77. The largest absolute Gasteiger partial charge is 0.426 e. The van der Waals surface area contributed by atoms with E-state index in [0.717, 1.165) is 0 Å². The molecule has 22 heavy (non-hydrogen) atoms. The van der Waals surface area contributed by atoms with E-state index in [1.165, 1.54) is 0 Å². The average Bonchev–Trinajstić information content (AvgIpc) is 2.52. The van der Waals surface area contributed by atoms with Crippen molar-refractivity contribution in [3.05, 3.63) is 0 Å². The van der Waals surface area contributed by atoms with Gasteiger partial charge in [0.15, 0.2) is 0 Å². The summed E-state index contributed by atoms with van der Waals surface area (Å²) in [5.41, 5.74) is 2.70. The standard InChI is InChI=1S/C16H26O5Si/c1-7-15(17-8-2)16(18-9-3,19-10-4)13-14-22(12-6,21-15)20-11-5/h1,6H,8-11,13-14H2,2-5H3. The Balaban J connectivity index is 3.31. The van der Waals surface area contributed by atoms with Crippen LogP contribution >= 0.6 is 0 Å². The molecule has 1 aliphatic heterocycles. The molecule has 1 fully saturated rings. The summed E-state index contributed by atoms with van der Waals surface area (Å²) in [6, 6.07) is 0.536. The molecule has 0 spiro atoms. The predicted molar refractivity (Wildman–Crippen MR) is 85.9 cm³/mol. The van der Waals surface area contributed by atoms with Gasteiger partial charge in [-0.25, -0.2) is 0 Å². The summed E-state index contributed by atoms with van der Waals surface area (Å²) in [5.74, 6) is -0.0840. The molecule has 0 aliphatic carbocycles. The SMILES string of the molecule is C#CC1(OCC)O[Si](C#C)(OCC)CCC1(OCC)OCC. The molecule has 2 unspecified atom stereocenters. The summed E-state index contributed by atoms with van der Waals surface area (Å²) in [5, 5.41) is 0. The molecule has 1 saturated heterocycles. The lowest BCUT2D eigenvalue weighted by atomic mass is 10.0. The third-order valence-corrected chi connectivity index (χ3v) is 6.20. The minimum absolute atomic E-state index is 0.341. The first-order valence-electron chi connectivity index (χ1n) is 7.74. The van der Waals surface area contributed by atoms with Crippen molar-refractivity contribution in [3.63, 3.8) is 0 Å². The van der Waals surface area contributed by atoms with Gasteiger partial charge < -0.3 is 23.1 Å². The molecule has 1 heterocycles. The van der Waals surface area contributed by atoms with Gasteiger partial charge in [0.25, 0.3) is 5.79 Å². The zero-order valence-corrected chi connectivity index (χ0v) is 14.9. The summed E-state index contributed by atoms with van der Waals surface area (Å²) in [7, 11) is -2.90. The van der Waals surface area contributed by atoms with Crippen LogP contribution in [0.4, 0.5) is 0 Å². The summed E-state index contributed by atoms with van der Waals surface area (Å²) in [4.78, 5) is 0. The highest BCUT2D eigenvalue weighted by Gasteiger charge is 2.65. The Morgan fingerprint density at radius 3 is 2.00 bits per heavy atom. The summed E-state index contributed by atoms with van der Waals surface area (Å²) < 4.78 is 29.4. The van der Waals surface area contributed by atoms with Crippen molar-refractivity contribution < 1.29 is 23.1 Å². The molecule has 0 aromatic rings. The van der Waals surface area contributed by atoms with Crippen molar-refractivity contribution in [2.24, 2.45) is 0 Å². The number of terminal acetylenes is 2. The molecule has 2 atom stereocenters. The van der Waals surface area contributed by atoms with Gasteiger partial charge >= 0.3 is 8.56 Å². The third-order valence-electron chi connectivity index (χ3n) is 3.48. The van der Waals surface area contributed by atoms with Crippen molar-refractivity contribution in [1.82, 2.24) is 0 Å². The van der Waals surface area contributed by atoms with Crippen LogP contribution in [0.1, 0.15) is 34.1 Å². The Hall–Kier alpha value is -0.863. The van der Waals surface area contributed by atoms with Crippen LogP contribution in [0.2, 0.25) is 6.04 Å². The maximum atomic E-state index is 6.13. The lowest BCUT2D eigenvalue weighted by Gasteiger charge is -2.51. The van der Waals surface area contributed by atoms with Crippen molar-refractivity contribution >= 4 is 8.56 Å². The lowest BCUT2D eigenvalue weighted by molar-refractivity contribution is -0.376. The minimum atomic E-state index is -2.90. The van der Waals surface area contributed by atoms with E-state index in [1.54, 1.807) is 0 Å². The van der Waals surface area contributed by atoms with Crippen LogP contribution in [0.15, 0.2) is 0 Å². The van der Waals surface area contributed by atoms with Gasteiger partial charge in [0.05, 0.1) is 0 Å². The van der Waals surface area contributed by atoms with Gasteiger partial charge in [-0.2, -0.15) is 0 Å². The monoisotopic (exact) mass is 326 g/mol. The molecule has 0 aromatic heterocycles. The normalized spacial score (nSPS) is 30.5. The van der Waals surface area contributed by atoms with E-state index < -0.39 is 20.1 Å². The maximum Gasteiger partial charge on any atom is 0.426 e. The van der Waals surface area contributed by atoms with Gasteiger partial charge in [-0.15, -0.1) is 12.8 Å². The van der Waals surface area contributed by atoms with Crippen LogP contribution in [0.25, 0.3) is 0 Å². The smallest absolute Gasteiger partial charge is 0.385 e. The molecule has 0 N–H and O–H groups in total. The molecule has 6 heteroatoms. The minimum Gasteiger partial charge on any atom is -0.385 e. The molecule has 0 amide bonds. The molecule has 5 nitrogen and oxygen atoms in total. The van der Waals surface area contributed by atoms with E-state index in [-0.39, 0.29) is 0 Å². The Labute approximate surface area is 134 Å². The molecular weight excluding hydrogens is 300 g/mol. The number of hydrogen-bond acceptors (Lipinski definition) is 5. The Bertz CT molecular complexity index is 435. The van der Waals surface area contributed by atoms with Crippen LogP contribution < -0.4 is 0 Å². The van der Waals surface area contributed by atoms with Crippen molar-refractivity contribution in [1.29, 1.82) is 0 Å². The number of hydrogen-bond donors (Lipinski definition) is 0. The fourth-order valence-electron chi connectivity index (χ4n) is 2.70. The molecule has 0 aromatic carbocycles. The highest BCUT2D eigenvalue weighted by atomic mass is 28.4. The Morgan fingerprint density at radius 2 is 1.59 bits per heavy atom. The Kier molecular flexibility index (Phi) is 7.08. The maximum absolute atomic E-state index is 6.13. The zero-order chi connectivity index (χ0) is 16.7. The molecule has 0 saturated carbocycles. The highest BCUT2D eigenvalue weighted by Crippen LogP contribution is 2.45. The number of ether oxygens (including phenoxy) is 3. The van der Waals surface area contributed by atoms with Gasteiger partial charge in [0, 0.05) is 38.9 Å². The second kappa shape index (κ2) is 8.12. The van der Waals surface area contributed by atoms with Gasteiger partial charge in [-0.3, -0.25) is 0 Å². The lowest BCUT2D eigenvalue weighted by Crippen LogP contribution is -2.69. The van der Waals surface area contributed by atoms with Gasteiger partial charge in [0.2, 0.25) is 5.79 Å². The summed E-state index contributed by atoms with van der Waals surface area (Å²) in [6.07, 6.45) is 11.9. The predicted octanol–water partition coefficient (Wildman–Crippen LogP) is 2.19. The topological polar surface area (TPSA) is 46.2 Å². The molecule has 1 rings (SSSR count). The van der Waals surface area contributed by atoms with Crippen LogP contribution in [0.3, 0.4) is 0 Å². The molecule has 124 valence electrons. The van der Waals surface area contributed by atoms with Gasteiger partial charge in [-0.1, -0.05) is 5.54 Å². The van der Waals surface area contributed by atoms with E-state index >= 15 is 0 Å². The molecule has 0 radical (unpaired) electrons. The van der Waals surface area contributed by atoms with Gasteiger partial charge in [0.1, 0.15) is 0 Å². The second-order valence-corrected chi connectivity index (χ2v) is 7.53. The van der Waals surface area contributed by atoms with E-state index in [9.17, 15) is 0 Å². The first-order chi connectivity index (χ1) is 10.5. The van der Waals surface area contributed by atoms with E-state index in [0.29, 0.717) is 38.9 Å². The zero-order valence-electron chi connectivity index (χ0n) is 13.9. The van der Waals surface area contributed by atoms with Crippen LogP contribution in [0, 0.1) is 24.3 Å². The first kappa shape index (κ1) is 19.2. The van der Waals surface area contributed by atoms with Gasteiger partial charge in [-0.05, 0) is 33.6 Å². The van der Waals surface area contributed by atoms with E-state index in [1.807, 2.05) is 27.7 Å². The fraction of sp³-hybridized carbons (Fsp3) is 0.750. The molecule has 0 bridgehead atoms. The fourth-order valence-corrected chi connectivity index (χ4v) is 5.15. The van der Waals surface area contributed by atoms with E-state index in [2.05, 4.69) is 11.5 Å². The summed E-state index contributed by atoms with van der Waals surface area (Å²) >= 11 is 0. The molecule has 1 aliphatic rings. The van der Waals surface area contributed by atoms with Crippen LogP contribution in [0.5, 0.6) is 0 Å². The molecular formula is C16H26O5Si. The van der Waals surface area contributed by atoms with Crippen LogP contribution in [-0.2, 0) is 23.1 Å². The Morgan fingerprint density at radius 1 is 1.00 bits per heavy atom. The van der Waals surface area contributed by atoms with Crippen molar-refractivity contribution in [3.8, 4) is 24.3 Å². The quantitative estimate of drug-likeness (QED) is 0.389. The van der Waals surface area contributed by atoms with Crippen molar-refractivity contribution in [2.75, 3.05) is 26.4 Å². The van der Waals surface area contributed by atoms with E-state index in [4.69, 9.17) is 35.9 Å². The third kappa shape index (κ3) is 3.38. The average molecular weight is 326 g/mol. The van der Waals surface area contributed by atoms with Crippen LogP contribution in [-0.4, -0.2) is 46.6 Å². The second-order valence-electron chi connectivity index (χ2n) is 4.75. The van der Waals surface area contributed by atoms with Crippen molar-refractivity contribution in [2.45, 2.75) is 51.7 Å².